The molecular formula is C24H29FN6O. The number of nitrogens with one attached hydrogen (secondary N) is 2. The van der Waals surface area contributed by atoms with Crippen LogP contribution in [0.2, 0.25) is 0 Å². The minimum Gasteiger partial charge on any atom is -0.507 e. The van der Waals surface area contributed by atoms with Crippen LogP contribution in [0.25, 0.3) is 22.4 Å². The van der Waals surface area contributed by atoms with Crippen LogP contribution in [0.4, 0.5) is 10.2 Å². The molecule has 3 aromatic rings. The summed E-state index contributed by atoms with van der Waals surface area (Å²) in [5.74, 6) is 0.495. The van der Waals surface area contributed by atoms with E-state index in [1.54, 1.807) is 36.3 Å². The van der Waals surface area contributed by atoms with Gasteiger partial charge in [-0.2, -0.15) is 5.10 Å². The highest BCUT2D eigenvalue weighted by atomic mass is 19.1. The second kappa shape index (κ2) is 7.55. The molecule has 0 radical (unpaired) electrons. The Morgan fingerprint density at radius 2 is 1.91 bits per heavy atom. The van der Waals surface area contributed by atoms with Crippen molar-refractivity contribution in [2.45, 2.75) is 50.6 Å². The largest absolute Gasteiger partial charge is 0.507 e. The lowest BCUT2D eigenvalue weighted by atomic mass is 9.80. The zero-order valence-electron chi connectivity index (χ0n) is 18.7. The van der Waals surface area contributed by atoms with Crippen molar-refractivity contribution in [1.29, 1.82) is 0 Å². The molecule has 0 spiro atoms. The highest BCUT2D eigenvalue weighted by Gasteiger charge is 2.48. The quantitative estimate of drug-likeness (QED) is 0.558. The summed E-state index contributed by atoms with van der Waals surface area (Å²) in [6.07, 6.45) is 8.13. The molecule has 4 heterocycles. The molecule has 2 aromatic heterocycles. The van der Waals surface area contributed by atoms with E-state index in [4.69, 9.17) is 0 Å². The fourth-order valence-corrected chi connectivity index (χ4v) is 5.59. The van der Waals surface area contributed by atoms with Crippen LogP contribution in [-0.2, 0) is 7.05 Å². The van der Waals surface area contributed by atoms with E-state index in [1.165, 1.54) is 25.0 Å². The van der Waals surface area contributed by atoms with Gasteiger partial charge in [0.1, 0.15) is 17.4 Å². The molecule has 8 heteroatoms. The number of benzene rings is 1. The van der Waals surface area contributed by atoms with Crippen LogP contribution in [0.5, 0.6) is 5.75 Å². The van der Waals surface area contributed by atoms with Gasteiger partial charge in [-0.1, -0.05) is 0 Å². The lowest BCUT2D eigenvalue weighted by Gasteiger charge is -2.42. The Kier molecular flexibility index (Phi) is 4.93. The maximum Gasteiger partial charge on any atom is 0.148 e. The molecule has 0 amide bonds. The lowest BCUT2D eigenvalue weighted by Crippen LogP contribution is -2.54. The molecule has 2 fully saturated rings. The third-order valence-corrected chi connectivity index (χ3v) is 6.91. The summed E-state index contributed by atoms with van der Waals surface area (Å²) < 4.78 is 16.5. The number of aromatic hydroxyl groups is 1. The Morgan fingerprint density at radius 1 is 1.16 bits per heavy atom. The molecule has 0 aliphatic carbocycles. The number of piperidine rings is 1. The highest BCUT2D eigenvalue weighted by Crippen LogP contribution is 2.44. The van der Waals surface area contributed by atoms with E-state index in [2.05, 4.69) is 39.8 Å². The predicted molar refractivity (Wildman–Crippen MR) is 122 cm³/mol. The van der Waals surface area contributed by atoms with Crippen molar-refractivity contribution in [2.24, 2.45) is 13.0 Å². The summed E-state index contributed by atoms with van der Waals surface area (Å²) >= 11 is 0. The number of anilines is 1. The lowest BCUT2D eigenvalue weighted by molar-refractivity contribution is 0.178. The van der Waals surface area contributed by atoms with Crippen LogP contribution >= 0.6 is 0 Å². The molecule has 2 aliphatic heterocycles. The molecule has 2 saturated heterocycles. The van der Waals surface area contributed by atoms with Gasteiger partial charge in [-0.25, -0.2) is 4.39 Å². The van der Waals surface area contributed by atoms with Gasteiger partial charge >= 0.3 is 0 Å². The Bertz CT molecular complexity index is 1100. The zero-order valence-corrected chi connectivity index (χ0v) is 18.7. The van der Waals surface area contributed by atoms with E-state index in [-0.39, 0.29) is 22.4 Å². The van der Waals surface area contributed by atoms with E-state index >= 15 is 0 Å². The van der Waals surface area contributed by atoms with E-state index in [1.807, 2.05) is 0 Å². The molecule has 2 bridgehead atoms. The second-order valence-corrected chi connectivity index (χ2v) is 9.96. The highest BCUT2D eigenvalue weighted by molar-refractivity contribution is 5.74. The third kappa shape index (κ3) is 3.95. The SMILES string of the molecule is Cn1cc(-c2cc(O)c(-c3ccc(NCC4CC5(C)CCC(C)(C4)N5)nn3)c(F)c2)cn1. The van der Waals surface area contributed by atoms with Crippen molar-refractivity contribution in [2.75, 3.05) is 11.9 Å². The second-order valence-electron chi connectivity index (χ2n) is 9.96. The van der Waals surface area contributed by atoms with Gasteiger partial charge in [0.2, 0.25) is 0 Å². The first kappa shape index (κ1) is 20.9. The molecule has 0 saturated carbocycles. The van der Waals surface area contributed by atoms with Crippen LogP contribution in [0.3, 0.4) is 0 Å². The van der Waals surface area contributed by atoms with Crippen molar-refractivity contribution < 1.29 is 9.50 Å². The van der Waals surface area contributed by atoms with Gasteiger partial charge in [0.25, 0.3) is 0 Å². The van der Waals surface area contributed by atoms with Crippen LogP contribution in [0.15, 0.2) is 36.7 Å². The number of rotatable bonds is 5. The van der Waals surface area contributed by atoms with Gasteiger partial charge < -0.3 is 15.7 Å². The average molecular weight is 437 g/mol. The molecule has 2 aliphatic rings. The van der Waals surface area contributed by atoms with Gasteiger partial charge in [-0.15, -0.1) is 10.2 Å². The van der Waals surface area contributed by atoms with Crippen molar-refractivity contribution in [1.82, 2.24) is 25.3 Å². The van der Waals surface area contributed by atoms with E-state index in [0.29, 0.717) is 23.0 Å². The molecule has 168 valence electrons. The fourth-order valence-electron chi connectivity index (χ4n) is 5.59. The first-order chi connectivity index (χ1) is 15.2. The molecule has 2 unspecified atom stereocenters. The molecule has 5 rings (SSSR count). The zero-order chi connectivity index (χ0) is 22.5. The van der Waals surface area contributed by atoms with E-state index < -0.39 is 5.82 Å². The summed E-state index contributed by atoms with van der Waals surface area (Å²) in [6.45, 7) is 5.47. The summed E-state index contributed by atoms with van der Waals surface area (Å²) in [5.41, 5.74) is 2.09. The number of halogens is 1. The van der Waals surface area contributed by atoms with Crippen molar-refractivity contribution >= 4 is 5.82 Å². The van der Waals surface area contributed by atoms with Gasteiger partial charge in [-0.05, 0) is 75.3 Å². The first-order valence-electron chi connectivity index (χ1n) is 11.1. The smallest absolute Gasteiger partial charge is 0.148 e. The number of fused-ring (bicyclic) bond motifs is 2. The van der Waals surface area contributed by atoms with Crippen LogP contribution < -0.4 is 10.6 Å². The molecule has 3 N–H and O–H groups in total. The Hall–Kier alpha value is -3.00. The van der Waals surface area contributed by atoms with Gasteiger partial charge in [0, 0.05) is 36.4 Å². The number of aryl methyl sites for hydroxylation is 1. The number of nitrogens with zero attached hydrogens (tertiary/aromatic N) is 4. The maximum atomic E-state index is 14.9. The fraction of sp³-hybridized carbons (Fsp3) is 0.458. The third-order valence-electron chi connectivity index (χ3n) is 6.91. The Morgan fingerprint density at radius 3 is 2.50 bits per heavy atom. The van der Waals surface area contributed by atoms with Crippen LogP contribution in [-0.4, -0.2) is 42.7 Å². The Balaban J connectivity index is 1.29. The monoisotopic (exact) mass is 436 g/mol. The van der Waals surface area contributed by atoms with Crippen molar-refractivity contribution in [3.8, 4) is 28.1 Å². The van der Waals surface area contributed by atoms with Crippen molar-refractivity contribution in [3.63, 3.8) is 0 Å². The number of hydrogen-bond acceptors (Lipinski definition) is 6. The van der Waals surface area contributed by atoms with Crippen molar-refractivity contribution in [3.05, 3.63) is 42.5 Å². The standard InChI is InChI=1S/C24H29FN6O/c1-23-6-7-24(2,30-23)11-15(10-23)12-26-21-5-4-19(28-29-21)22-18(25)8-16(9-20(22)32)17-13-27-31(3)14-17/h4-5,8-9,13-15,30,32H,6-7,10-12H2,1-3H3,(H,26,29). The maximum absolute atomic E-state index is 14.9. The number of phenols is 1. The normalized spacial score (nSPS) is 26.9. The molecule has 7 nitrogen and oxygen atoms in total. The van der Waals surface area contributed by atoms with Gasteiger partial charge in [-0.3, -0.25) is 4.68 Å². The van der Waals surface area contributed by atoms with Crippen LogP contribution in [0.1, 0.15) is 39.5 Å². The first-order valence-corrected chi connectivity index (χ1v) is 11.1. The summed E-state index contributed by atoms with van der Waals surface area (Å²) in [6, 6.07) is 6.38. The van der Waals surface area contributed by atoms with E-state index in [0.717, 1.165) is 24.9 Å². The number of phenolic OH excluding ortho intramolecular Hbond substituents is 1. The topological polar surface area (TPSA) is 87.9 Å². The minimum atomic E-state index is -0.550. The average Bonchev–Trinajstić information content (AvgIpc) is 3.26. The van der Waals surface area contributed by atoms with Gasteiger partial charge in [0.15, 0.2) is 0 Å². The molecule has 32 heavy (non-hydrogen) atoms. The summed E-state index contributed by atoms with van der Waals surface area (Å²) in [7, 11) is 1.79. The molecular weight excluding hydrogens is 407 g/mol. The summed E-state index contributed by atoms with van der Waals surface area (Å²) in [5, 5.41) is 30.2. The number of aromatic nitrogens is 4. The van der Waals surface area contributed by atoms with E-state index in [9.17, 15) is 9.50 Å². The predicted octanol–water partition coefficient (Wildman–Crippen LogP) is 4.11. The molecule has 1 aromatic carbocycles. The Labute approximate surface area is 187 Å². The van der Waals surface area contributed by atoms with Crippen LogP contribution in [0, 0.1) is 11.7 Å². The van der Waals surface area contributed by atoms with Gasteiger partial charge in [0.05, 0.1) is 17.5 Å². The summed E-state index contributed by atoms with van der Waals surface area (Å²) in [4.78, 5) is 0. The number of hydrogen-bond donors (Lipinski definition) is 3. The molecule has 2 atom stereocenters. The minimum absolute atomic E-state index is 0.0486.